The first-order valence-electron chi connectivity index (χ1n) is 9.55. The fourth-order valence-corrected chi connectivity index (χ4v) is 3.24. The molecule has 18 heteroatoms. The molecule has 0 radical (unpaired) electrons. The van der Waals surface area contributed by atoms with E-state index in [1.165, 1.54) is 23.3 Å². The molecule has 0 aliphatic rings. The summed E-state index contributed by atoms with van der Waals surface area (Å²) in [5.74, 6) is -0.716. The van der Waals surface area contributed by atoms with E-state index in [0.29, 0.717) is 0 Å². The molecular formula is C16H21N9O8S. The fraction of sp³-hybridized carbons (Fsp3) is 0.500. The zero-order chi connectivity index (χ0) is 25.0. The summed E-state index contributed by atoms with van der Waals surface area (Å²) >= 11 is 0.882. The van der Waals surface area contributed by atoms with Crippen molar-refractivity contribution in [1.29, 1.82) is 0 Å². The highest BCUT2D eigenvalue weighted by atomic mass is 32.2. The van der Waals surface area contributed by atoms with E-state index in [4.69, 9.17) is 9.52 Å². The lowest BCUT2D eigenvalue weighted by Gasteiger charge is -2.17. The van der Waals surface area contributed by atoms with Crippen LogP contribution in [0.3, 0.4) is 0 Å². The molecule has 0 saturated heterocycles. The fourth-order valence-electron chi connectivity index (χ4n) is 2.67. The molecule has 34 heavy (non-hydrogen) atoms. The summed E-state index contributed by atoms with van der Waals surface area (Å²) in [6, 6.07) is 0. The molecule has 3 heterocycles. The summed E-state index contributed by atoms with van der Waals surface area (Å²) in [5, 5.41) is 55.8. The van der Waals surface area contributed by atoms with Crippen molar-refractivity contribution in [2.75, 3.05) is 12.4 Å². The number of thioether (sulfide) groups is 1. The van der Waals surface area contributed by atoms with Crippen LogP contribution in [0, 0.1) is 0 Å². The molecule has 5 N–H and O–H groups in total. The Morgan fingerprint density at radius 2 is 1.94 bits per heavy atom. The van der Waals surface area contributed by atoms with Gasteiger partial charge in [0.15, 0.2) is 11.2 Å². The first kappa shape index (κ1) is 25.2. The number of hydrazone groups is 1. The van der Waals surface area contributed by atoms with E-state index in [0.717, 1.165) is 22.5 Å². The van der Waals surface area contributed by atoms with Crippen LogP contribution in [0.4, 0.5) is 0 Å². The van der Waals surface area contributed by atoms with Gasteiger partial charge in [-0.15, -0.1) is 15.3 Å². The highest BCUT2D eigenvalue weighted by molar-refractivity contribution is 7.99. The summed E-state index contributed by atoms with van der Waals surface area (Å²) in [6.07, 6.45) is -4.06. The number of amides is 1. The van der Waals surface area contributed by atoms with Gasteiger partial charge in [0.1, 0.15) is 24.9 Å². The lowest BCUT2D eigenvalue weighted by atomic mass is 10.1. The van der Waals surface area contributed by atoms with Crippen LogP contribution >= 0.6 is 11.8 Å². The van der Waals surface area contributed by atoms with E-state index in [-0.39, 0.29) is 34.6 Å². The van der Waals surface area contributed by atoms with Gasteiger partial charge in [-0.2, -0.15) is 5.10 Å². The third kappa shape index (κ3) is 5.37. The van der Waals surface area contributed by atoms with Crippen LogP contribution in [0.5, 0.6) is 0 Å². The van der Waals surface area contributed by atoms with Gasteiger partial charge in [-0.1, -0.05) is 17.0 Å². The topological polar surface area (TPSA) is 236 Å². The molecule has 0 aliphatic heterocycles. The van der Waals surface area contributed by atoms with Crippen molar-refractivity contribution in [3.8, 4) is 0 Å². The van der Waals surface area contributed by atoms with Crippen LogP contribution in [0.25, 0.3) is 11.2 Å². The van der Waals surface area contributed by atoms with Crippen LogP contribution in [0.2, 0.25) is 0 Å². The Bertz CT molecular complexity index is 1310. The number of aliphatic hydroxyl groups is 4. The number of aliphatic hydroxyl groups excluding tert-OH is 4. The molecule has 3 atom stereocenters. The van der Waals surface area contributed by atoms with E-state index in [1.54, 1.807) is 0 Å². The minimum absolute atomic E-state index is 0.0420. The molecule has 0 spiro atoms. The highest BCUT2D eigenvalue weighted by Gasteiger charge is 2.22. The average Bonchev–Trinajstić information content (AvgIpc) is 3.46. The van der Waals surface area contributed by atoms with Gasteiger partial charge in [0.25, 0.3) is 16.7 Å². The molecule has 1 amide bonds. The van der Waals surface area contributed by atoms with Crippen LogP contribution in [-0.2, 0) is 25.4 Å². The standard InChI is InChI=1S/C16H21N9O8S/c1-23-13-11(14(31)24(2)16(23)32)25(22-20-13)4-10-19-21-15(33-10)34-6-9(29)18-17-3-7(27)12(30)8(28)5-26/h3,7-8,12,26-28,30H,4-6H2,1-2H3,(H,18,29)/b17-3+/t7-,8+,12-/m0/s1. The number of carbonyl (C=O) groups is 1. The summed E-state index contributed by atoms with van der Waals surface area (Å²) in [4.78, 5) is 36.3. The Morgan fingerprint density at radius 1 is 1.21 bits per heavy atom. The Labute approximate surface area is 193 Å². The smallest absolute Gasteiger partial charge is 0.332 e. The van der Waals surface area contributed by atoms with Crippen molar-refractivity contribution < 1.29 is 29.6 Å². The van der Waals surface area contributed by atoms with Gasteiger partial charge in [-0.25, -0.2) is 14.9 Å². The van der Waals surface area contributed by atoms with Gasteiger partial charge in [-0.05, 0) is 0 Å². The number of nitrogens with one attached hydrogen (secondary N) is 1. The third-order valence-corrected chi connectivity index (χ3v) is 5.34. The van der Waals surface area contributed by atoms with Crippen LogP contribution in [0.1, 0.15) is 5.89 Å². The summed E-state index contributed by atoms with van der Waals surface area (Å²) in [5.41, 5.74) is 1.14. The van der Waals surface area contributed by atoms with Crippen molar-refractivity contribution in [1.82, 2.24) is 39.8 Å². The second kappa shape index (κ2) is 10.7. The van der Waals surface area contributed by atoms with Gasteiger partial charge in [0, 0.05) is 14.1 Å². The van der Waals surface area contributed by atoms with Crippen molar-refractivity contribution in [2.45, 2.75) is 30.1 Å². The number of hydrogen-bond acceptors (Lipinski definition) is 14. The Morgan fingerprint density at radius 3 is 2.65 bits per heavy atom. The Hall–Kier alpha value is -3.45. The molecule has 0 aromatic carbocycles. The summed E-state index contributed by atoms with van der Waals surface area (Å²) < 4.78 is 8.75. The second-order valence-electron chi connectivity index (χ2n) is 6.92. The molecule has 0 unspecified atom stereocenters. The molecule has 0 bridgehead atoms. The molecule has 0 fully saturated rings. The predicted molar refractivity (Wildman–Crippen MR) is 114 cm³/mol. The maximum absolute atomic E-state index is 12.4. The van der Waals surface area contributed by atoms with E-state index in [1.807, 2.05) is 0 Å². The quantitative estimate of drug-likeness (QED) is 0.101. The number of carbonyl (C=O) groups excluding carboxylic acids is 1. The number of aromatic nitrogens is 7. The summed E-state index contributed by atoms with van der Waals surface area (Å²) in [7, 11) is 2.79. The van der Waals surface area contributed by atoms with Gasteiger partial charge in [0.2, 0.25) is 5.89 Å². The predicted octanol–water partition coefficient (Wildman–Crippen LogP) is -4.47. The number of hydrogen-bond donors (Lipinski definition) is 5. The SMILES string of the molecule is Cn1c(=O)c2c(nnn2Cc2nnc(SCC(=O)N/N=C/[C@H](O)[C@H](O)[C@H](O)CO)o2)n(C)c1=O. The lowest BCUT2D eigenvalue weighted by Crippen LogP contribution is -2.40. The molecule has 17 nitrogen and oxygen atoms in total. The zero-order valence-corrected chi connectivity index (χ0v) is 18.7. The number of fused-ring (bicyclic) bond motifs is 1. The number of aryl methyl sites for hydroxylation is 1. The number of nitrogens with zero attached hydrogens (tertiary/aromatic N) is 8. The maximum Gasteiger partial charge on any atom is 0.332 e. The zero-order valence-electron chi connectivity index (χ0n) is 17.8. The van der Waals surface area contributed by atoms with Gasteiger partial charge in [0.05, 0.1) is 18.6 Å². The minimum atomic E-state index is -1.68. The van der Waals surface area contributed by atoms with Gasteiger partial charge in [-0.3, -0.25) is 18.7 Å². The number of rotatable bonds is 10. The first-order chi connectivity index (χ1) is 16.1. The van der Waals surface area contributed by atoms with Gasteiger partial charge < -0.3 is 24.8 Å². The summed E-state index contributed by atoms with van der Waals surface area (Å²) in [6.45, 7) is -0.863. The Kier molecular flexibility index (Phi) is 7.89. The van der Waals surface area contributed by atoms with Crippen LogP contribution in [0.15, 0.2) is 24.3 Å². The van der Waals surface area contributed by atoms with Crippen molar-refractivity contribution in [2.24, 2.45) is 19.2 Å². The lowest BCUT2D eigenvalue weighted by molar-refractivity contribution is -0.118. The maximum atomic E-state index is 12.4. The van der Waals surface area contributed by atoms with E-state index in [2.05, 4.69) is 31.0 Å². The second-order valence-corrected chi connectivity index (χ2v) is 7.85. The third-order valence-electron chi connectivity index (χ3n) is 4.52. The molecular weight excluding hydrogens is 478 g/mol. The molecule has 3 rings (SSSR count). The van der Waals surface area contributed by atoms with E-state index in [9.17, 15) is 29.7 Å². The van der Waals surface area contributed by atoms with Crippen molar-refractivity contribution in [3.63, 3.8) is 0 Å². The van der Waals surface area contributed by atoms with Crippen LogP contribution < -0.4 is 16.7 Å². The monoisotopic (exact) mass is 499 g/mol. The molecule has 3 aromatic heterocycles. The molecule has 0 aliphatic carbocycles. The first-order valence-corrected chi connectivity index (χ1v) is 10.5. The molecule has 0 saturated carbocycles. The normalized spacial score (nSPS) is 14.5. The van der Waals surface area contributed by atoms with Crippen molar-refractivity contribution >= 4 is 35.0 Å². The molecule has 184 valence electrons. The van der Waals surface area contributed by atoms with Crippen molar-refractivity contribution in [3.05, 3.63) is 26.7 Å². The Balaban J connectivity index is 1.58. The average molecular weight is 499 g/mol. The van der Waals surface area contributed by atoms with E-state index < -0.39 is 42.1 Å². The highest BCUT2D eigenvalue weighted by Crippen LogP contribution is 2.16. The minimum Gasteiger partial charge on any atom is -0.414 e. The van der Waals surface area contributed by atoms with Crippen LogP contribution in [-0.4, -0.2) is 97.5 Å². The largest absolute Gasteiger partial charge is 0.414 e. The van der Waals surface area contributed by atoms with Gasteiger partial charge >= 0.3 is 5.69 Å². The molecule has 3 aromatic rings. The van der Waals surface area contributed by atoms with E-state index >= 15 is 0 Å².